The van der Waals surface area contributed by atoms with Gasteiger partial charge in [0.05, 0.1) is 18.1 Å². The van der Waals surface area contributed by atoms with E-state index in [9.17, 15) is 9.90 Å². The highest BCUT2D eigenvalue weighted by atomic mass is 35.5. The van der Waals surface area contributed by atoms with Gasteiger partial charge in [-0.25, -0.2) is 0 Å². The topological polar surface area (TPSA) is 62.1 Å². The van der Waals surface area contributed by atoms with Crippen LogP contribution in [-0.4, -0.2) is 47.4 Å². The van der Waals surface area contributed by atoms with E-state index in [0.29, 0.717) is 33.9 Å². The highest BCUT2D eigenvalue weighted by Crippen LogP contribution is 2.33. The van der Waals surface area contributed by atoms with E-state index in [1.165, 1.54) is 17.8 Å². The monoisotopic (exact) mass is 324 g/mol. The maximum atomic E-state index is 12.0. The molecule has 1 N–H and O–H groups in total. The zero-order valence-corrected chi connectivity index (χ0v) is 12.7. The van der Waals surface area contributed by atoms with E-state index in [1.807, 2.05) is 4.90 Å². The second-order valence-corrected chi connectivity index (χ2v) is 6.06. The quantitative estimate of drug-likeness (QED) is 0.803. The summed E-state index contributed by atoms with van der Waals surface area (Å²) in [5.41, 5.74) is 0.511. The van der Waals surface area contributed by atoms with Gasteiger partial charge in [-0.3, -0.25) is 4.79 Å². The molecule has 21 heavy (non-hydrogen) atoms. The fourth-order valence-electron chi connectivity index (χ4n) is 2.07. The first-order valence-electron chi connectivity index (χ1n) is 6.47. The van der Waals surface area contributed by atoms with E-state index in [2.05, 4.69) is 4.99 Å². The van der Waals surface area contributed by atoms with E-state index in [4.69, 9.17) is 16.3 Å². The van der Waals surface area contributed by atoms with Gasteiger partial charge in [0.25, 0.3) is 5.91 Å². The molecule has 0 aliphatic carbocycles. The number of phenols is 1. The molecular weight excluding hydrogens is 312 g/mol. The Labute approximate surface area is 131 Å². The molecule has 2 aliphatic heterocycles. The van der Waals surface area contributed by atoms with Crippen LogP contribution in [0.15, 0.2) is 28.1 Å². The Hall–Kier alpha value is -1.50. The van der Waals surface area contributed by atoms with Crippen molar-refractivity contribution < 1.29 is 14.6 Å². The van der Waals surface area contributed by atoms with Crippen molar-refractivity contribution >= 4 is 40.5 Å². The summed E-state index contributed by atoms with van der Waals surface area (Å²) in [6.07, 6.45) is 1.62. The summed E-state index contributed by atoms with van der Waals surface area (Å²) in [6.45, 7) is 2.74. The van der Waals surface area contributed by atoms with Gasteiger partial charge in [0.1, 0.15) is 5.75 Å². The molecule has 0 radical (unpaired) electrons. The van der Waals surface area contributed by atoms with Gasteiger partial charge >= 0.3 is 0 Å². The average molecular weight is 325 g/mol. The summed E-state index contributed by atoms with van der Waals surface area (Å²) in [5, 5.41) is 11.0. The number of nitrogens with zero attached hydrogens (tertiary/aromatic N) is 2. The first kappa shape index (κ1) is 14.4. The number of rotatable bonds is 1. The number of benzene rings is 1. The summed E-state index contributed by atoms with van der Waals surface area (Å²) >= 11 is 7.22. The Kier molecular flexibility index (Phi) is 4.19. The smallest absolute Gasteiger partial charge is 0.286 e. The molecule has 0 aromatic heterocycles. The predicted octanol–water partition coefficient (Wildman–Crippen LogP) is 2.35. The van der Waals surface area contributed by atoms with Crippen LogP contribution in [-0.2, 0) is 9.53 Å². The molecule has 0 atom stereocenters. The molecule has 0 saturated carbocycles. The van der Waals surface area contributed by atoms with Gasteiger partial charge in [-0.15, -0.1) is 0 Å². The largest absolute Gasteiger partial charge is 0.507 e. The molecule has 3 rings (SSSR count). The van der Waals surface area contributed by atoms with Gasteiger partial charge in [-0.1, -0.05) is 11.6 Å². The molecule has 1 amide bonds. The van der Waals surface area contributed by atoms with E-state index in [-0.39, 0.29) is 11.7 Å². The van der Waals surface area contributed by atoms with Crippen molar-refractivity contribution in [3.05, 3.63) is 33.7 Å². The highest BCUT2D eigenvalue weighted by molar-refractivity contribution is 8.18. The third kappa shape index (κ3) is 3.23. The lowest BCUT2D eigenvalue weighted by atomic mass is 10.2. The van der Waals surface area contributed by atoms with Gasteiger partial charge in [0.2, 0.25) is 0 Å². The van der Waals surface area contributed by atoms with Crippen LogP contribution in [0.3, 0.4) is 0 Å². The second-order valence-electron chi connectivity index (χ2n) is 4.61. The van der Waals surface area contributed by atoms with E-state index >= 15 is 0 Å². The normalized spacial score (nSPS) is 21.0. The number of hydrogen-bond donors (Lipinski definition) is 1. The minimum absolute atomic E-state index is 0.0834. The van der Waals surface area contributed by atoms with Crippen LogP contribution in [0, 0.1) is 0 Å². The Bertz CT molecular complexity index is 639. The highest BCUT2D eigenvalue weighted by Gasteiger charge is 2.27. The molecule has 0 bridgehead atoms. The third-order valence-electron chi connectivity index (χ3n) is 3.17. The Morgan fingerprint density at radius 1 is 1.38 bits per heavy atom. The standard InChI is InChI=1S/C14H13ClN2O3S/c15-10-1-2-11(18)9(7-10)8-12-13(19)16-14(21-12)17-3-5-20-6-4-17/h1-2,7-8,18H,3-6H2/b12-8-. The number of halogens is 1. The predicted molar refractivity (Wildman–Crippen MR) is 83.5 cm³/mol. The lowest BCUT2D eigenvalue weighted by Gasteiger charge is -2.27. The lowest BCUT2D eigenvalue weighted by molar-refractivity contribution is -0.113. The molecule has 1 saturated heterocycles. The summed E-state index contributed by atoms with van der Waals surface area (Å²) in [7, 11) is 0. The summed E-state index contributed by atoms with van der Waals surface area (Å²) in [6, 6.07) is 4.71. The average Bonchev–Trinajstić information content (AvgIpc) is 2.85. The number of aliphatic imine (C=N–C) groups is 1. The van der Waals surface area contributed by atoms with Gasteiger partial charge in [-0.05, 0) is 36.0 Å². The number of hydrogen-bond acceptors (Lipinski definition) is 5. The number of ether oxygens (including phenoxy) is 1. The van der Waals surface area contributed by atoms with Crippen molar-refractivity contribution in [3.63, 3.8) is 0 Å². The summed E-state index contributed by atoms with van der Waals surface area (Å²) in [4.78, 5) is 18.6. The molecule has 0 unspecified atom stereocenters. The fourth-order valence-corrected chi connectivity index (χ4v) is 3.21. The minimum atomic E-state index is -0.291. The second kappa shape index (κ2) is 6.09. The Morgan fingerprint density at radius 2 is 2.14 bits per heavy atom. The van der Waals surface area contributed by atoms with Crippen molar-refractivity contribution in [1.29, 1.82) is 0 Å². The van der Waals surface area contributed by atoms with Crippen LogP contribution in [0.5, 0.6) is 5.75 Å². The number of thioether (sulfide) groups is 1. The zero-order valence-electron chi connectivity index (χ0n) is 11.1. The number of carbonyl (C=O) groups is 1. The first-order chi connectivity index (χ1) is 10.1. The summed E-state index contributed by atoms with van der Waals surface area (Å²) < 4.78 is 5.28. The fraction of sp³-hybridized carbons (Fsp3) is 0.286. The maximum absolute atomic E-state index is 12.0. The van der Waals surface area contributed by atoms with Crippen LogP contribution in [0.4, 0.5) is 0 Å². The van der Waals surface area contributed by atoms with Crippen molar-refractivity contribution in [2.24, 2.45) is 4.99 Å². The number of phenolic OH excluding ortho intramolecular Hbond substituents is 1. The Morgan fingerprint density at radius 3 is 2.90 bits per heavy atom. The molecule has 2 aliphatic rings. The molecule has 1 aromatic rings. The molecule has 1 aromatic carbocycles. The zero-order chi connectivity index (χ0) is 14.8. The Balaban J connectivity index is 1.80. The van der Waals surface area contributed by atoms with E-state index < -0.39 is 0 Å². The third-order valence-corrected chi connectivity index (χ3v) is 4.45. The number of carbonyl (C=O) groups excluding carboxylic acids is 1. The molecule has 110 valence electrons. The molecular formula is C14H13ClN2O3S. The van der Waals surface area contributed by atoms with Crippen LogP contribution in [0.25, 0.3) is 6.08 Å². The van der Waals surface area contributed by atoms with Crippen molar-refractivity contribution in [2.75, 3.05) is 26.3 Å². The number of aromatic hydroxyl groups is 1. The van der Waals surface area contributed by atoms with Gasteiger partial charge < -0.3 is 14.7 Å². The number of morpholine rings is 1. The van der Waals surface area contributed by atoms with Gasteiger partial charge in [0, 0.05) is 23.7 Å². The van der Waals surface area contributed by atoms with E-state index in [0.717, 1.165) is 13.1 Å². The molecule has 7 heteroatoms. The minimum Gasteiger partial charge on any atom is -0.507 e. The van der Waals surface area contributed by atoms with Crippen LogP contribution in [0.1, 0.15) is 5.56 Å². The maximum Gasteiger partial charge on any atom is 0.286 e. The van der Waals surface area contributed by atoms with Crippen molar-refractivity contribution in [1.82, 2.24) is 4.90 Å². The molecule has 0 spiro atoms. The van der Waals surface area contributed by atoms with Crippen molar-refractivity contribution in [3.8, 4) is 5.75 Å². The lowest BCUT2D eigenvalue weighted by Crippen LogP contribution is -2.38. The number of amides is 1. The van der Waals surface area contributed by atoms with Crippen LogP contribution < -0.4 is 0 Å². The van der Waals surface area contributed by atoms with Crippen molar-refractivity contribution in [2.45, 2.75) is 0 Å². The molecule has 2 heterocycles. The van der Waals surface area contributed by atoms with Gasteiger partial charge in [-0.2, -0.15) is 4.99 Å². The first-order valence-corrected chi connectivity index (χ1v) is 7.67. The molecule has 1 fully saturated rings. The van der Waals surface area contributed by atoms with E-state index in [1.54, 1.807) is 18.2 Å². The SMILES string of the molecule is O=C1N=C(N2CCOCC2)S/C1=C\c1cc(Cl)ccc1O. The van der Waals surface area contributed by atoms with Crippen LogP contribution >= 0.6 is 23.4 Å². The molecule has 5 nitrogen and oxygen atoms in total. The van der Waals surface area contributed by atoms with Crippen LogP contribution in [0.2, 0.25) is 5.02 Å². The van der Waals surface area contributed by atoms with Gasteiger partial charge in [0.15, 0.2) is 5.17 Å². The summed E-state index contributed by atoms with van der Waals surface area (Å²) in [5.74, 6) is -0.207. The number of amidine groups is 1.